The maximum absolute atomic E-state index is 13.0. The van der Waals surface area contributed by atoms with E-state index >= 15 is 0 Å². The van der Waals surface area contributed by atoms with Crippen molar-refractivity contribution in [3.63, 3.8) is 0 Å². The van der Waals surface area contributed by atoms with Crippen LogP contribution in [-0.2, 0) is 0 Å². The molecule has 0 radical (unpaired) electrons. The number of hydrogen-bond acceptors (Lipinski definition) is 3. The van der Waals surface area contributed by atoms with Crippen LogP contribution in [0.4, 0.5) is 8.78 Å². The van der Waals surface area contributed by atoms with Crippen molar-refractivity contribution in [1.29, 1.82) is 0 Å². The van der Waals surface area contributed by atoms with Crippen LogP contribution < -0.4 is 16.2 Å². The molecule has 1 saturated heterocycles. The fourth-order valence-electron chi connectivity index (χ4n) is 4.21. The van der Waals surface area contributed by atoms with Gasteiger partial charge in [0.2, 0.25) is 0 Å². The molecule has 26 heavy (non-hydrogen) atoms. The number of nitrogens with one attached hydrogen (secondary N) is 2. The van der Waals surface area contributed by atoms with Gasteiger partial charge in [-0.2, -0.15) is 8.78 Å². The third kappa shape index (κ3) is 2.84. The number of rotatable bonds is 4. The Bertz CT molecular complexity index is 876. The third-order valence-corrected chi connectivity index (χ3v) is 5.39. The van der Waals surface area contributed by atoms with Crippen molar-refractivity contribution in [2.24, 2.45) is 5.92 Å². The summed E-state index contributed by atoms with van der Waals surface area (Å²) in [5.41, 5.74) is 0.793. The molecule has 2 aromatic heterocycles. The van der Waals surface area contributed by atoms with Crippen LogP contribution >= 0.6 is 0 Å². The van der Waals surface area contributed by atoms with E-state index in [-0.39, 0.29) is 35.7 Å². The normalized spacial score (nSPS) is 24.3. The summed E-state index contributed by atoms with van der Waals surface area (Å²) in [6.07, 6.45) is 2.13. The van der Waals surface area contributed by atoms with Gasteiger partial charge in [-0.15, -0.1) is 0 Å². The SMILES string of the molecule is O=C(NC[C@H]1[C@@H]2CNC[C@@H](C2)c2cccc(=O)n21)c1cccn1C(F)F. The van der Waals surface area contributed by atoms with E-state index in [1.807, 2.05) is 6.07 Å². The van der Waals surface area contributed by atoms with Gasteiger partial charge in [-0.05, 0) is 30.5 Å². The molecular formula is C18H20F2N4O2. The fourth-order valence-corrected chi connectivity index (χ4v) is 4.21. The zero-order chi connectivity index (χ0) is 18.3. The number of hydrogen-bond donors (Lipinski definition) is 2. The first kappa shape index (κ1) is 17.0. The van der Waals surface area contributed by atoms with E-state index in [0.29, 0.717) is 4.57 Å². The highest BCUT2D eigenvalue weighted by Crippen LogP contribution is 2.38. The van der Waals surface area contributed by atoms with Gasteiger partial charge >= 0.3 is 6.55 Å². The predicted molar refractivity (Wildman–Crippen MR) is 91.5 cm³/mol. The number of amides is 1. The Hall–Kier alpha value is -2.48. The zero-order valence-electron chi connectivity index (χ0n) is 14.1. The highest BCUT2D eigenvalue weighted by atomic mass is 19.3. The minimum absolute atomic E-state index is 0.0870. The number of halogens is 2. The molecule has 2 aromatic rings. The number of piperidine rings is 1. The molecule has 0 spiro atoms. The lowest BCUT2D eigenvalue weighted by Gasteiger charge is -2.43. The number of pyridine rings is 1. The van der Waals surface area contributed by atoms with Crippen LogP contribution in [0.1, 0.15) is 41.1 Å². The average molecular weight is 362 g/mol. The molecule has 8 heteroatoms. The van der Waals surface area contributed by atoms with Crippen LogP contribution in [0.2, 0.25) is 0 Å². The molecule has 0 saturated carbocycles. The fraction of sp³-hybridized carbons (Fsp3) is 0.444. The molecule has 1 amide bonds. The molecule has 4 heterocycles. The summed E-state index contributed by atoms with van der Waals surface area (Å²) in [6, 6.07) is 7.81. The quantitative estimate of drug-likeness (QED) is 0.870. The molecule has 2 aliphatic heterocycles. The molecule has 0 unspecified atom stereocenters. The number of aromatic nitrogens is 2. The molecule has 0 aromatic carbocycles. The van der Waals surface area contributed by atoms with Crippen LogP contribution in [0.3, 0.4) is 0 Å². The van der Waals surface area contributed by atoms with Crippen LogP contribution in [0.25, 0.3) is 0 Å². The summed E-state index contributed by atoms with van der Waals surface area (Å²) in [4.78, 5) is 24.8. The molecule has 138 valence electrons. The molecule has 4 rings (SSSR count). The average Bonchev–Trinajstić information content (AvgIpc) is 3.12. The summed E-state index contributed by atoms with van der Waals surface area (Å²) in [6.45, 7) is -0.942. The minimum atomic E-state index is -2.77. The first-order chi connectivity index (χ1) is 12.6. The lowest BCUT2D eigenvalue weighted by atomic mass is 9.79. The number of carbonyl (C=O) groups is 1. The van der Waals surface area contributed by atoms with E-state index in [0.717, 1.165) is 25.2 Å². The van der Waals surface area contributed by atoms with Crippen molar-refractivity contribution >= 4 is 5.91 Å². The molecule has 2 aliphatic rings. The molecule has 2 bridgehead atoms. The maximum atomic E-state index is 13.0. The van der Waals surface area contributed by atoms with Crippen molar-refractivity contribution in [1.82, 2.24) is 19.8 Å². The van der Waals surface area contributed by atoms with E-state index in [2.05, 4.69) is 10.6 Å². The Balaban J connectivity index is 1.58. The highest BCUT2D eigenvalue weighted by molar-refractivity contribution is 5.92. The first-order valence-electron chi connectivity index (χ1n) is 8.71. The van der Waals surface area contributed by atoms with Crippen LogP contribution in [-0.4, -0.2) is 34.7 Å². The van der Waals surface area contributed by atoms with Crippen LogP contribution in [0.5, 0.6) is 0 Å². The van der Waals surface area contributed by atoms with Gasteiger partial charge in [-0.25, -0.2) is 0 Å². The summed E-state index contributed by atoms with van der Waals surface area (Å²) in [5.74, 6) is -0.0686. The molecule has 1 fully saturated rings. The van der Waals surface area contributed by atoms with Gasteiger partial charge in [-0.1, -0.05) is 6.07 Å². The van der Waals surface area contributed by atoms with Gasteiger partial charge < -0.3 is 15.2 Å². The summed E-state index contributed by atoms with van der Waals surface area (Å²) in [7, 11) is 0. The van der Waals surface area contributed by atoms with Gasteiger partial charge in [0.15, 0.2) is 0 Å². The predicted octanol–water partition coefficient (Wildman–Crippen LogP) is 1.72. The van der Waals surface area contributed by atoms with Gasteiger partial charge in [0, 0.05) is 43.5 Å². The van der Waals surface area contributed by atoms with E-state index in [1.165, 1.54) is 24.4 Å². The van der Waals surface area contributed by atoms with Gasteiger partial charge in [-0.3, -0.25) is 14.2 Å². The standard InChI is InChI=1S/C18H20F2N4O2/c19-18(20)23-6-2-4-14(23)17(26)22-10-15-12-7-11(8-21-9-12)13-3-1-5-16(25)24(13)15/h1-6,11-12,15,18,21H,7-10H2,(H,22,26)/t11-,12+,15+/m1/s1. The minimum Gasteiger partial charge on any atom is -0.349 e. The van der Waals surface area contributed by atoms with Crippen molar-refractivity contribution in [3.8, 4) is 0 Å². The summed E-state index contributed by atoms with van der Waals surface area (Å²) >= 11 is 0. The second kappa shape index (κ2) is 6.68. The molecule has 2 N–H and O–H groups in total. The van der Waals surface area contributed by atoms with Crippen molar-refractivity contribution in [3.05, 3.63) is 58.3 Å². The Morgan fingerprint density at radius 2 is 2.12 bits per heavy atom. The van der Waals surface area contributed by atoms with Crippen molar-refractivity contribution < 1.29 is 13.6 Å². The van der Waals surface area contributed by atoms with Gasteiger partial charge in [0.05, 0.1) is 6.04 Å². The van der Waals surface area contributed by atoms with Gasteiger partial charge in [0.25, 0.3) is 11.5 Å². The lowest BCUT2D eigenvalue weighted by molar-refractivity contribution is 0.0631. The summed E-state index contributed by atoms with van der Waals surface area (Å²) in [5, 5.41) is 6.13. The second-order valence-electron chi connectivity index (χ2n) is 6.87. The van der Waals surface area contributed by atoms with Crippen molar-refractivity contribution in [2.45, 2.75) is 24.9 Å². The number of nitrogens with zero attached hydrogens (tertiary/aromatic N) is 2. The van der Waals surface area contributed by atoms with Crippen LogP contribution in [0, 0.1) is 5.92 Å². The number of alkyl halides is 2. The Morgan fingerprint density at radius 1 is 1.27 bits per heavy atom. The third-order valence-electron chi connectivity index (χ3n) is 5.39. The van der Waals surface area contributed by atoms with Gasteiger partial charge in [0.1, 0.15) is 5.69 Å². The first-order valence-corrected chi connectivity index (χ1v) is 8.71. The zero-order valence-corrected chi connectivity index (χ0v) is 14.1. The smallest absolute Gasteiger partial charge is 0.319 e. The van der Waals surface area contributed by atoms with Crippen LogP contribution in [0.15, 0.2) is 41.3 Å². The highest BCUT2D eigenvalue weighted by Gasteiger charge is 2.37. The van der Waals surface area contributed by atoms with E-state index in [9.17, 15) is 18.4 Å². The molecule has 0 aliphatic carbocycles. The van der Waals surface area contributed by atoms with E-state index < -0.39 is 12.5 Å². The second-order valence-corrected chi connectivity index (χ2v) is 6.87. The largest absolute Gasteiger partial charge is 0.349 e. The van der Waals surface area contributed by atoms with E-state index in [4.69, 9.17) is 0 Å². The molecular weight excluding hydrogens is 342 g/mol. The Labute approximate surface area is 148 Å². The molecule has 3 atom stereocenters. The number of carbonyl (C=O) groups excluding carboxylic acids is 1. The number of fused-ring (bicyclic) bond motifs is 4. The monoisotopic (exact) mass is 362 g/mol. The Morgan fingerprint density at radius 3 is 2.92 bits per heavy atom. The Kier molecular flexibility index (Phi) is 4.36. The summed E-state index contributed by atoms with van der Waals surface area (Å²) < 4.78 is 28.3. The molecule has 6 nitrogen and oxygen atoms in total. The van der Waals surface area contributed by atoms with E-state index in [1.54, 1.807) is 10.6 Å². The lowest BCUT2D eigenvalue weighted by Crippen LogP contribution is -2.50. The topological polar surface area (TPSA) is 68.1 Å². The maximum Gasteiger partial charge on any atom is 0.319 e. The van der Waals surface area contributed by atoms with Crippen molar-refractivity contribution in [2.75, 3.05) is 19.6 Å².